The van der Waals surface area contributed by atoms with Crippen LogP contribution in [0.4, 0.5) is 22.7 Å². The number of ether oxygens (including phenoxy) is 1. The molecule has 8 heteroatoms. The van der Waals surface area contributed by atoms with Crippen molar-refractivity contribution in [3.05, 3.63) is 11.1 Å². The molecule has 0 aliphatic carbocycles. The van der Waals surface area contributed by atoms with Gasteiger partial charge in [0.1, 0.15) is 6.61 Å². The monoisotopic (exact) mass is 272 g/mol. The average molecular weight is 272 g/mol. The SMILES string of the molecule is CCNc1ncc(COCC(F)(F)C(F)F)s1. The Bertz CT molecular complexity index is 345. The fourth-order valence-electron chi connectivity index (χ4n) is 0.958. The molecule has 0 radical (unpaired) electrons. The standard InChI is InChI=1S/C9H12F4N2OS/c1-2-14-8-15-3-6(17-8)4-16-5-9(12,13)7(10)11/h3,7H,2,4-5H2,1H3,(H,14,15). The zero-order valence-electron chi connectivity index (χ0n) is 9.05. The van der Waals surface area contributed by atoms with Gasteiger partial charge in [-0.3, -0.25) is 0 Å². The predicted molar refractivity (Wildman–Crippen MR) is 56.9 cm³/mol. The van der Waals surface area contributed by atoms with Crippen LogP contribution in [0.5, 0.6) is 0 Å². The number of thiazole rings is 1. The fourth-order valence-corrected chi connectivity index (χ4v) is 1.78. The van der Waals surface area contributed by atoms with Crippen molar-refractivity contribution in [3.8, 4) is 0 Å². The molecule has 0 fully saturated rings. The number of anilines is 1. The Morgan fingerprint density at radius 2 is 2.24 bits per heavy atom. The molecule has 0 saturated heterocycles. The molecule has 0 aliphatic heterocycles. The van der Waals surface area contributed by atoms with Gasteiger partial charge in [-0.15, -0.1) is 0 Å². The molecule has 0 bridgehead atoms. The van der Waals surface area contributed by atoms with Crippen molar-refractivity contribution in [1.82, 2.24) is 4.98 Å². The Morgan fingerprint density at radius 3 is 2.82 bits per heavy atom. The maximum atomic E-state index is 12.5. The lowest BCUT2D eigenvalue weighted by Gasteiger charge is -2.14. The summed E-state index contributed by atoms with van der Waals surface area (Å²) in [6.45, 7) is 1.14. The summed E-state index contributed by atoms with van der Waals surface area (Å²) >= 11 is 1.24. The maximum absolute atomic E-state index is 12.5. The molecular weight excluding hydrogens is 260 g/mol. The lowest BCUT2D eigenvalue weighted by molar-refractivity contribution is -0.168. The van der Waals surface area contributed by atoms with Crippen LogP contribution in [-0.2, 0) is 11.3 Å². The first-order chi connectivity index (χ1) is 7.95. The van der Waals surface area contributed by atoms with Crippen molar-refractivity contribution in [3.63, 3.8) is 0 Å². The Morgan fingerprint density at radius 1 is 1.53 bits per heavy atom. The van der Waals surface area contributed by atoms with Gasteiger partial charge in [0.2, 0.25) is 0 Å². The number of rotatable bonds is 7. The van der Waals surface area contributed by atoms with E-state index in [0.29, 0.717) is 16.6 Å². The van der Waals surface area contributed by atoms with Gasteiger partial charge >= 0.3 is 12.3 Å². The van der Waals surface area contributed by atoms with Crippen LogP contribution in [-0.4, -0.2) is 30.5 Å². The summed E-state index contributed by atoms with van der Waals surface area (Å²) in [7, 11) is 0. The third kappa shape index (κ3) is 4.47. The van der Waals surface area contributed by atoms with Crippen molar-refractivity contribution < 1.29 is 22.3 Å². The van der Waals surface area contributed by atoms with Crippen LogP contribution < -0.4 is 5.32 Å². The number of aromatic nitrogens is 1. The van der Waals surface area contributed by atoms with E-state index in [0.717, 1.165) is 0 Å². The van der Waals surface area contributed by atoms with Gasteiger partial charge < -0.3 is 10.1 Å². The van der Waals surface area contributed by atoms with E-state index in [1.165, 1.54) is 17.5 Å². The molecule has 0 unspecified atom stereocenters. The smallest absolute Gasteiger partial charge is 0.330 e. The summed E-state index contributed by atoms with van der Waals surface area (Å²) in [5.74, 6) is -4.10. The highest BCUT2D eigenvalue weighted by Crippen LogP contribution is 2.24. The number of halogens is 4. The van der Waals surface area contributed by atoms with E-state index in [-0.39, 0.29) is 6.61 Å². The highest BCUT2D eigenvalue weighted by molar-refractivity contribution is 7.15. The lowest BCUT2D eigenvalue weighted by Crippen LogP contribution is -2.32. The van der Waals surface area contributed by atoms with E-state index in [9.17, 15) is 17.6 Å². The van der Waals surface area contributed by atoms with Crippen LogP contribution in [0.15, 0.2) is 6.20 Å². The first-order valence-corrected chi connectivity index (χ1v) is 5.69. The van der Waals surface area contributed by atoms with Crippen molar-refractivity contribution >= 4 is 16.5 Å². The maximum Gasteiger partial charge on any atom is 0.330 e. The lowest BCUT2D eigenvalue weighted by atomic mass is 10.4. The minimum Gasteiger partial charge on any atom is -0.369 e. The van der Waals surface area contributed by atoms with E-state index in [1.54, 1.807) is 0 Å². The van der Waals surface area contributed by atoms with Crippen molar-refractivity contribution in [2.24, 2.45) is 0 Å². The number of nitrogens with one attached hydrogen (secondary N) is 1. The Balaban J connectivity index is 2.35. The quantitative estimate of drug-likeness (QED) is 0.775. The molecule has 0 spiro atoms. The van der Waals surface area contributed by atoms with E-state index < -0.39 is 19.0 Å². The molecule has 1 heterocycles. The summed E-state index contributed by atoms with van der Waals surface area (Å²) < 4.78 is 53.1. The summed E-state index contributed by atoms with van der Waals surface area (Å²) in [6, 6.07) is 0. The fraction of sp³-hybridized carbons (Fsp3) is 0.667. The molecule has 0 amide bonds. The Labute approximate surface area is 99.8 Å². The third-order valence-electron chi connectivity index (χ3n) is 1.74. The first kappa shape index (κ1) is 14.2. The highest BCUT2D eigenvalue weighted by atomic mass is 32.1. The molecule has 1 aromatic heterocycles. The summed E-state index contributed by atoms with van der Waals surface area (Å²) in [6.07, 6.45) is -2.25. The van der Waals surface area contributed by atoms with Gasteiger partial charge in [0, 0.05) is 12.7 Å². The molecule has 1 aromatic rings. The second-order valence-corrected chi connectivity index (χ2v) is 4.33. The molecule has 0 aromatic carbocycles. The predicted octanol–water partition coefficient (Wildman–Crippen LogP) is 2.99. The third-order valence-corrected chi connectivity index (χ3v) is 2.67. The first-order valence-electron chi connectivity index (χ1n) is 4.88. The number of nitrogens with zero attached hydrogens (tertiary/aromatic N) is 1. The van der Waals surface area contributed by atoms with Crippen LogP contribution in [0.3, 0.4) is 0 Å². The van der Waals surface area contributed by atoms with Crippen LogP contribution in [0, 0.1) is 0 Å². The topological polar surface area (TPSA) is 34.2 Å². The van der Waals surface area contributed by atoms with Crippen LogP contribution in [0.25, 0.3) is 0 Å². The highest BCUT2D eigenvalue weighted by Gasteiger charge is 2.40. The summed E-state index contributed by atoms with van der Waals surface area (Å²) in [5, 5.41) is 3.58. The second-order valence-electron chi connectivity index (χ2n) is 3.22. The van der Waals surface area contributed by atoms with Crippen molar-refractivity contribution in [2.75, 3.05) is 18.5 Å². The molecule has 0 saturated carbocycles. The molecule has 1 N–H and O–H groups in total. The zero-order chi connectivity index (χ0) is 12.9. The van der Waals surface area contributed by atoms with E-state index in [2.05, 4.69) is 15.0 Å². The second kappa shape index (κ2) is 6.15. The van der Waals surface area contributed by atoms with E-state index in [1.807, 2.05) is 6.92 Å². The Kier molecular flexibility index (Phi) is 5.13. The van der Waals surface area contributed by atoms with Gasteiger partial charge in [-0.05, 0) is 6.92 Å². The van der Waals surface area contributed by atoms with Crippen LogP contribution >= 0.6 is 11.3 Å². The molecular formula is C9H12F4N2OS. The van der Waals surface area contributed by atoms with Crippen molar-refractivity contribution in [2.45, 2.75) is 25.9 Å². The normalized spacial score (nSPS) is 12.1. The van der Waals surface area contributed by atoms with Gasteiger partial charge in [0.15, 0.2) is 5.13 Å². The molecule has 17 heavy (non-hydrogen) atoms. The number of hydrogen-bond acceptors (Lipinski definition) is 4. The van der Waals surface area contributed by atoms with E-state index >= 15 is 0 Å². The summed E-state index contributed by atoms with van der Waals surface area (Å²) in [4.78, 5) is 4.55. The number of hydrogen-bond donors (Lipinski definition) is 1. The average Bonchev–Trinajstić information content (AvgIpc) is 2.66. The summed E-state index contributed by atoms with van der Waals surface area (Å²) in [5.41, 5.74) is 0. The van der Waals surface area contributed by atoms with Gasteiger partial charge in [0.25, 0.3) is 0 Å². The van der Waals surface area contributed by atoms with Crippen molar-refractivity contribution in [1.29, 1.82) is 0 Å². The molecule has 0 atom stereocenters. The molecule has 3 nitrogen and oxygen atoms in total. The van der Waals surface area contributed by atoms with Gasteiger partial charge in [0.05, 0.1) is 11.5 Å². The van der Waals surface area contributed by atoms with Crippen LogP contribution in [0.2, 0.25) is 0 Å². The largest absolute Gasteiger partial charge is 0.369 e. The van der Waals surface area contributed by atoms with Crippen LogP contribution in [0.1, 0.15) is 11.8 Å². The van der Waals surface area contributed by atoms with E-state index in [4.69, 9.17) is 0 Å². The Hall–Kier alpha value is -0.890. The number of alkyl halides is 4. The molecule has 0 aliphatic rings. The minimum atomic E-state index is -4.10. The minimum absolute atomic E-state index is 0.147. The molecule has 1 rings (SSSR count). The zero-order valence-corrected chi connectivity index (χ0v) is 9.87. The van der Waals surface area contributed by atoms with Gasteiger partial charge in [-0.2, -0.15) is 8.78 Å². The van der Waals surface area contributed by atoms with Gasteiger partial charge in [-0.1, -0.05) is 11.3 Å². The molecule has 98 valence electrons. The van der Waals surface area contributed by atoms with Gasteiger partial charge in [-0.25, -0.2) is 13.8 Å².